The summed E-state index contributed by atoms with van der Waals surface area (Å²) in [5.74, 6) is 2.09. The lowest BCUT2D eigenvalue weighted by molar-refractivity contribution is -0.118. The van der Waals surface area contributed by atoms with Crippen molar-refractivity contribution < 1.29 is 9.53 Å². The minimum absolute atomic E-state index is 0.110. The molecule has 1 aromatic heterocycles. The number of aryl methyl sites for hydroxylation is 2. The average Bonchev–Trinajstić information content (AvgIpc) is 2.92. The highest BCUT2D eigenvalue weighted by Gasteiger charge is 2.36. The molecule has 0 aliphatic carbocycles. The second-order valence-electron chi connectivity index (χ2n) is 9.61. The van der Waals surface area contributed by atoms with E-state index in [0.717, 1.165) is 33.7 Å². The first-order valence-corrected chi connectivity index (χ1v) is 12.7. The highest BCUT2D eigenvalue weighted by Crippen LogP contribution is 2.45. The van der Waals surface area contributed by atoms with E-state index in [0.29, 0.717) is 28.6 Å². The van der Waals surface area contributed by atoms with Gasteiger partial charge in [0.1, 0.15) is 0 Å². The largest absolute Gasteiger partial charge is 0.447 e. The molecule has 0 spiro atoms. The lowest BCUT2D eigenvalue weighted by Gasteiger charge is -2.31. The summed E-state index contributed by atoms with van der Waals surface area (Å²) in [5.41, 5.74) is 6.32. The van der Waals surface area contributed by atoms with Gasteiger partial charge >= 0.3 is 0 Å². The molecule has 0 unspecified atom stereocenters. The Morgan fingerprint density at radius 3 is 2.41 bits per heavy atom. The van der Waals surface area contributed by atoms with Crippen LogP contribution in [0.1, 0.15) is 69.0 Å². The maximum Gasteiger partial charge on any atom is 0.247 e. The van der Waals surface area contributed by atoms with Crippen molar-refractivity contribution in [2.45, 2.75) is 65.8 Å². The minimum Gasteiger partial charge on any atom is -0.447 e. The van der Waals surface area contributed by atoms with Crippen LogP contribution in [0.3, 0.4) is 0 Å². The number of thioether (sulfide) groups is 1. The summed E-state index contributed by atoms with van der Waals surface area (Å²) >= 11 is 1.56. The van der Waals surface area contributed by atoms with E-state index >= 15 is 0 Å². The number of amides is 1. The number of aromatic nitrogens is 3. The number of hydrogen-bond donors (Lipinski definition) is 0. The van der Waals surface area contributed by atoms with Crippen molar-refractivity contribution in [2.75, 3.05) is 10.7 Å². The maximum absolute atomic E-state index is 13.1. The molecule has 0 N–H and O–H groups in total. The molecule has 0 saturated heterocycles. The van der Waals surface area contributed by atoms with Gasteiger partial charge in [0.2, 0.25) is 23.2 Å². The van der Waals surface area contributed by atoms with Gasteiger partial charge in [-0.1, -0.05) is 75.4 Å². The number of fused-ring (bicyclic) bond motifs is 3. The first-order valence-electron chi connectivity index (χ1n) is 11.7. The van der Waals surface area contributed by atoms with Crippen LogP contribution < -0.4 is 9.64 Å². The minimum atomic E-state index is -0.667. The Kier molecular flexibility index (Phi) is 6.94. The van der Waals surface area contributed by atoms with Gasteiger partial charge in [0.25, 0.3) is 0 Å². The molecule has 6 nitrogen and oxygen atoms in total. The van der Waals surface area contributed by atoms with Crippen LogP contribution in [0.15, 0.2) is 41.6 Å². The fraction of sp³-hybridized carbons (Fsp3) is 0.407. The topological polar surface area (TPSA) is 68.2 Å². The number of nitrogens with zero attached hydrogens (tertiary/aromatic N) is 4. The third-order valence-electron chi connectivity index (χ3n) is 5.81. The molecule has 1 aliphatic heterocycles. The number of benzene rings is 2. The third kappa shape index (κ3) is 4.80. The Morgan fingerprint density at radius 1 is 1.09 bits per heavy atom. The molecular weight excluding hydrogens is 444 g/mol. The summed E-state index contributed by atoms with van der Waals surface area (Å²) in [5, 5.41) is 9.50. The number of anilines is 1. The molecule has 0 radical (unpaired) electrons. The predicted molar refractivity (Wildman–Crippen MR) is 137 cm³/mol. The van der Waals surface area contributed by atoms with Gasteiger partial charge in [0.05, 0.1) is 5.69 Å². The third-order valence-corrected chi connectivity index (χ3v) is 7.07. The van der Waals surface area contributed by atoms with E-state index in [4.69, 9.17) is 9.72 Å². The quantitative estimate of drug-likeness (QED) is 0.393. The molecule has 0 fully saturated rings. The molecular formula is C27H32N4O2S. The number of carbonyl (C=O) groups is 1. The van der Waals surface area contributed by atoms with Gasteiger partial charge in [0.15, 0.2) is 5.69 Å². The summed E-state index contributed by atoms with van der Waals surface area (Å²) < 4.78 is 6.52. The molecule has 1 amide bonds. The van der Waals surface area contributed by atoms with Crippen LogP contribution in [-0.2, 0) is 4.79 Å². The molecule has 7 heteroatoms. The summed E-state index contributed by atoms with van der Waals surface area (Å²) in [7, 11) is 0. The summed E-state index contributed by atoms with van der Waals surface area (Å²) in [4.78, 5) is 19.6. The Morgan fingerprint density at radius 2 is 1.79 bits per heavy atom. The van der Waals surface area contributed by atoms with E-state index < -0.39 is 6.23 Å². The standard InChI is InChI=1S/C27H32N4O2S/c1-15(2)14-34-27-28-25-23(29-30-27)22-13-17(5)12-18(6)24(22)31(19(7)32)26(33-25)21-10-8-20(9-11-21)16(3)4/h8-13,15-16,26H,14H2,1-7H3/t26-/m1/s1. The second kappa shape index (κ2) is 9.74. The molecule has 178 valence electrons. The van der Waals surface area contributed by atoms with Crippen LogP contribution >= 0.6 is 11.8 Å². The maximum atomic E-state index is 13.1. The van der Waals surface area contributed by atoms with Gasteiger partial charge < -0.3 is 4.74 Å². The molecule has 2 aromatic carbocycles. The van der Waals surface area contributed by atoms with Crippen LogP contribution in [0, 0.1) is 19.8 Å². The lowest BCUT2D eigenvalue weighted by Crippen LogP contribution is -2.36. The average molecular weight is 477 g/mol. The van der Waals surface area contributed by atoms with E-state index in [1.807, 2.05) is 32.0 Å². The van der Waals surface area contributed by atoms with Crippen LogP contribution in [0.2, 0.25) is 0 Å². The summed E-state index contributed by atoms with van der Waals surface area (Å²) in [6.45, 7) is 14.3. The van der Waals surface area contributed by atoms with Crippen molar-refractivity contribution in [1.29, 1.82) is 0 Å². The van der Waals surface area contributed by atoms with Crippen LogP contribution in [0.5, 0.6) is 5.88 Å². The van der Waals surface area contributed by atoms with Gasteiger partial charge in [-0.2, -0.15) is 4.98 Å². The summed E-state index contributed by atoms with van der Waals surface area (Å²) in [6.07, 6.45) is -0.667. The summed E-state index contributed by atoms with van der Waals surface area (Å²) in [6, 6.07) is 12.4. The van der Waals surface area contributed by atoms with Gasteiger partial charge in [-0.05, 0) is 42.9 Å². The van der Waals surface area contributed by atoms with Gasteiger partial charge in [-0.25, -0.2) is 0 Å². The van der Waals surface area contributed by atoms with E-state index in [1.165, 1.54) is 5.56 Å². The van der Waals surface area contributed by atoms with Crippen molar-refractivity contribution in [3.8, 4) is 17.1 Å². The fourth-order valence-corrected chi connectivity index (χ4v) is 4.90. The van der Waals surface area contributed by atoms with Crippen LogP contribution in [0.4, 0.5) is 5.69 Å². The molecule has 0 bridgehead atoms. The molecule has 3 aromatic rings. The van der Waals surface area contributed by atoms with E-state index in [-0.39, 0.29) is 5.91 Å². The van der Waals surface area contributed by atoms with E-state index in [9.17, 15) is 4.79 Å². The highest BCUT2D eigenvalue weighted by atomic mass is 32.2. The smallest absolute Gasteiger partial charge is 0.247 e. The van der Waals surface area contributed by atoms with Gasteiger partial charge in [0, 0.05) is 23.8 Å². The normalized spacial score (nSPS) is 15.1. The van der Waals surface area contributed by atoms with Crippen molar-refractivity contribution in [1.82, 2.24) is 15.2 Å². The lowest BCUT2D eigenvalue weighted by atomic mass is 9.99. The zero-order valence-corrected chi connectivity index (χ0v) is 21.7. The van der Waals surface area contributed by atoms with Crippen LogP contribution in [-0.4, -0.2) is 26.8 Å². The highest BCUT2D eigenvalue weighted by molar-refractivity contribution is 7.99. The molecule has 2 heterocycles. The van der Waals surface area contributed by atoms with Gasteiger partial charge in [-0.3, -0.25) is 9.69 Å². The van der Waals surface area contributed by atoms with Crippen molar-refractivity contribution in [3.63, 3.8) is 0 Å². The van der Waals surface area contributed by atoms with Crippen molar-refractivity contribution in [2.24, 2.45) is 5.92 Å². The van der Waals surface area contributed by atoms with Crippen molar-refractivity contribution in [3.05, 3.63) is 58.7 Å². The second-order valence-corrected chi connectivity index (χ2v) is 10.6. The number of hydrogen-bond acceptors (Lipinski definition) is 6. The fourth-order valence-electron chi connectivity index (χ4n) is 4.17. The van der Waals surface area contributed by atoms with E-state index in [2.05, 4.69) is 56.1 Å². The number of ether oxygens (including phenoxy) is 1. The molecule has 1 aliphatic rings. The molecule has 4 rings (SSSR count). The monoisotopic (exact) mass is 476 g/mol. The number of rotatable bonds is 5. The predicted octanol–water partition coefficient (Wildman–Crippen LogP) is 6.47. The Bertz CT molecular complexity index is 1210. The Hall–Kier alpha value is -2.93. The van der Waals surface area contributed by atoms with E-state index in [1.54, 1.807) is 23.6 Å². The Balaban J connectivity index is 1.91. The molecule has 0 saturated carbocycles. The Labute approximate surface area is 206 Å². The van der Waals surface area contributed by atoms with Crippen LogP contribution in [0.25, 0.3) is 11.3 Å². The zero-order chi connectivity index (χ0) is 24.6. The van der Waals surface area contributed by atoms with Crippen molar-refractivity contribution >= 4 is 23.4 Å². The SMILES string of the molecule is CC(=O)N1c2c(C)cc(C)cc2-c2nnc(SCC(C)C)nc2O[C@@H]1c1ccc(C(C)C)cc1. The number of carbonyl (C=O) groups excluding carboxylic acids is 1. The molecule has 34 heavy (non-hydrogen) atoms. The first-order chi connectivity index (χ1) is 16.2. The molecule has 1 atom stereocenters. The van der Waals surface area contributed by atoms with Gasteiger partial charge in [-0.15, -0.1) is 10.2 Å². The first kappa shape index (κ1) is 24.2. The zero-order valence-electron chi connectivity index (χ0n) is 20.9.